The normalized spacial score (nSPS) is 12.7. The van der Waals surface area contributed by atoms with Crippen LogP contribution in [-0.2, 0) is 6.42 Å². The Morgan fingerprint density at radius 1 is 1.25 bits per heavy atom. The van der Waals surface area contributed by atoms with Crippen molar-refractivity contribution >= 4 is 18.1 Å². The van der Waals surface area contributed by atoms with Crippen LogP contribution in [0.1, 0.15) is 22.3 Å². The third-order valence-corrected chi connectivity index (χ3v) is 3.52. The minimum absolute atomic E-state index is 0.485. The summed E-state index contributed by atoms with van der Waals surface area (Å²) < 4.78 is 0. The molecule has 0 aromatic carbocycles. The van der Waals surface area contributed by atoms with Crippen molar-refractivity contribution < 1.29 is 9.59 Å². The highest BCUT2D eigenvalue weighted by atomic mass is 16.2. The number of nitrogens with zero attached hydrogens (tertiary/aromatic N) is 3. The maximum Gasteiger partial charge on any atom is 0.320 e. The summed E-state index contributed by atoms with van der Waals surface area (Å²) in [4.78, 5) is 32.1. The predicted octanol–water partition coefficient (Wildman–Crippen LogP) is 1.62. The van der Waals surface area contributed by atoms with Crippen LogP contribution in [0.2, 0.25) is 0 Å². The van der Waals surface area contributed by atoms with E-state index in [9.17, 15) is 9.59 Å². The lowest BCUT2D eigenvalue weighted by Crippen LogP contribution is -2.40. The molecule has 2 aromatic heterocycles. The van der Waals surface area contributed by atoms with Crippen LogP contribution in [0.25, 0.3) is 11.1 Å². The summed E-state index contributed by atoms with van der Waals surface area (Å²) >= 11 is 0. The van der Waals surface area contributed by atoms with Crippen molar-refractivity contribution in [2.45, 2.75) is 12.8 Å². The number of nitrogens with one attached hydrogen (secondary N) is 1. The monoisotopic (exact) mass is 327 g/mol. The number of carbonyl (C=O) groups excluding carboxylic acids is 2. The van der Waals surface area contributed by atoms with Gasteiger partial charge in [0.2, 0.25) is 0 Å². The van der Waals surface area contributed by atoms with Crippen LogP contribution in [0.15, 0.2) is 30.7 Å². The molecule has 3 rings (SSSR count). The molecule has 1 aliphatic heterocycles. The zero-order chi connectivity index (χ0) is 17.5. The van der Waals surface area contributed by atoms with Crippen molar-refractivity contribution in [1.29, 1.82) is 0 Å². The van der Waals surface area contributed by atoms with Gasteiger partial charge in [-0.25, -0.2) is 9.78 Å². The zero-order valence-corrected chi connectivity index (χ0v) is 13.8. The summed E-state index contributed by atoms with van der Waals surface area (Å²) in [6.45, 7) is 0.594. The van der Waals surface area contributed by atoms with E-state index >= 15 is 0 Å². The number of carbonyl (C=O) groups is 2. The van der Waals surface area contributed by atoms with Crippen LogP contribution in [0.4, 0.5) is 10.6 Å². The number of pyridine rings is 2. The SMILES string of the molecule is CNC.NC(=O)N1CCCc2cc(-c3cncc(C=O)c3)cnc21. The van der Waals surface area contributed by atoms with E-state index in [4.69, 9.17) is 5.73 Å². The lowest BCUT2D eigenvalue weighted by molar-refractivity contribution is 0.112. The van der Waals surface area contributed by atoms with Gasteiger partial charge in [0, 0.05) is 41.8 Å². The Bertz CT molecular complexity index is 733. The van der Waals surface area contributed by atoms with Gasteiger partial charge in [0.05, 0.1) is 0 Å². The van der Waals surface area contributed by atoms with Gasteiger partial charge in [0.1, 0.15) is 5.82 Å². The molecule has 0 radical (unpaired) electrons. The number of nitrogens with two attached hydrogens (primary N) is 1. The van der Waals surface area contributed by atoms with Crippen molar-refractivity contribution in [3.63, 3.8) is 0 Å². The predicted molar refractivity (Wildman–Crippen MR) is 93.1 cm³/mol. The van der Waals surface area contributed by atoms with Gasteiger partial charge in [-0.15, -0.1) is 0 Å². The van der Waals surface area contributed by atoms with Gasteiger partial charge < -0.3 is 11.1 Å². The molecule has 0 saturated heterocycles. The molecule has 0 bridgehead atoms. The van der Waals surface area contributed by atoms with Crippen LogP contribution in [-0.4, -0.2) is 42.9 Å². The zero-order valence-electron chi connectivity index (χ0n) is 13.8. The average molecular weight is 327 g/mol. The van der Waals surface area contributed by atoms with Crippen molar-refractivity contribution in [2.24, 2.45) is 5.73 Å². The number of hydrogen-bond acceptors (Lipinski definition) is 5. The Kier molecular flexibility index (Phi) is 5.97. The molecule has 0 fully saturated rings. The first-order valence-electron chi connectivity index (χ1n) is 7.65. The molecule has 0 spiro atoms. The van der Waals surface area contributed by atoms with Crippen LogP contribution < -0.4 is 16.0 Å². The van der Waals surface area contributed by atoms with Gasteiger partial charge in [-0.2, -0.15) is 0 Å². The van der Waals surface area contributed by atoms with Crippen molar-refractivity contribution in [3.8, 4) is 11.1 Å². The topological polar surface area (TPSA) is 101 Å². The number of aromatic nitrogens is 2. The number of rotatable bonds is 2. The Labute approximate surface area is 140 Å². The Hall–Kier alpha value is -2.80. The van der Waals surface area contributed by atoms with E-state index in [-0.39, 0.29) is 0 Å². The van der Waals surface area contributed by atoms with E-state index in [1.807, 2.05) is 20.2 Å². The third kappa shape index (κ3) is 3.94. The van der Waals surface area contributed by atoms with Gasteiger partial charge in [-0.3, -0.25) is 14.7 Å². The van der Waals surface area contributed by atoms with E-state index in [0.717, 1.165) is 35.8 Å². The van der Waals surface area contributed by atoms with Gasteiger partial charge in [0.25, 0.3) is 0 Å². The molecule has 24 heavy (non-hydrogen) atoms. The molecule has 0 saturated carbocycles. The van der Waals surface area contributed by atoms with E-state index in [1.165, 1.54) is 11.1 Å². The molecule has 7 nitrogen and oxygen atoms in total. The summed E-state index contributed by atoms with van der Waals surface area (Å²) in [6.07, 6.45) is 7.33. The molecule has 0 atom stereocenters. The first-order valence-corrected chi connectivity index (χ1v) is 7.65. The van der Waals surface area contributed by atoms with Crippen LogP contribution in [0, 0.1) is 0 Å². The molecule has 0 aliphatic carbocycles. The van der Waals surface area contributed by atoms with Gasteiger partial charge in [0.15, 0.2) is 6.29 Å². The average Bonchev–Trinajstić information content (AvgIpc) is 2.61. The molecule has 1 aliphatic rings. The molecular formula is C17H21N5O2. The standard InChI is InChI=1S/C15H14N4O2.C2H7N/c16-15(21)19-3-1-2-11-5-13(8-18-14(11)19)12-4-10(9-20)6-17-7-12;1-3-2/h4-9H,1-3H2,(H2,16,21);3H,1-2H3. The fraction of sp³-hybridized carbons (Fsp3) is 0.294. The second-order valence-electron chi connectivity index (χ2n) is 5.42. The number of fused-ring (bicyclic) bond motifs is 1. The highest BCUT2D eigenvalue weighted by molar-refractivity contribution is 5.91. The highest BCUT2D eigenvalue weighted by Gasteiger charge is 2.22. The Balaban J connectivity index is 0.000000647. The summed E-state index contributed by atoms with van der Waals surface area (Å²) in [6, 6.07) is 3.25. The quantitative estimate of drug-likeness (QED) is 0.816. The minimum Gasteiger partial charge on any atom is -0.351 e. The van der Waals surface area contributed by atoms with E-state index < -0.39 is 6.03 Å². The first kappa shape index (κ1) is 17.6. The third-order valence-electron chi connectivity index (χ3n) is 3.52. The molecule has 2 aromatic rings. The fourth-order valence-corrected chi connectivity index (χ4v) is 2.52. The maximum atomic E-state index is 11.4. The van der Waals surface area contributed by atoms with Crippen LogP contribution in [0.5, 0.6) is 0 Å². The summed E-state index contributed by atoms with van der Waals surface area (Å²) in [5, 5.41) is 2.75. The van der Waals surface area contributed by atoms with E-state index in [0.29, 0.717) is 17.9 Å². The minimum atomic E-state index is -0.485. The first-order chi connectivity index (χ1) is 11.6. The van der Waals surface area contributed by atoms with Crippen LogP contribution >= 0.6 is 0 Å². The van der Waals surface area contributed by atoms with Crippen molar-refractivity contribution in [3.05, 3.63) is 41.9 Å². The largest absolute Gasteiger partial charge is 0.351 e. The van der Waals surface area contributed by atoms with Gasteiger partial charge in [-0.1, -0.05) is 0 Å². The van der Waals surface area contributed by atoms with E-state index in [1.54, 1.807) is 18.5 Å². The molecular weight excluding hydrogens is 306 g/mol. The number of hydrogen-bond donors (Lipinski definition) is 2. The second-order valence-corrected chi connectivity index (χ2v) is 5.42. The van der Waals surface area contributed by atoms with Crippen molar-refractivity contribution in [2.75, 3.05) is 25.5 Å². The Morgan fingerprint density at radius 3 is 2.62 bits per heavy atom. The number of aldehydes is 1. The fourth-order valence-electron chi connectivity index (χ4n) is 2.52. The van der Waals surface area contributed by atoms with Gasteiger partial charge >= 0.3 is 6.03 Å². The highest BCUT2D eigenvalue weighted by Crippen LogP contribution is 2.29. The maximum absolute atomic E-state index is 11.4. The van der Waals surface area contributed by atoms with Gasteiger partial charge in [-0.05, 0) is 44.6 Å². The lowest BCUT2D eigenvalue weighted by atomic mass is 10.0. The lowest BCUT2D eigenvalue weighted by Gasteiger charge is -2.26. The molecule has 7 heteroatoms. The summed E-state index contributed by atoms with van der Waals surface area (Å²) in [7, 11) is 3.75. The number of anilines is 1. The molecule has 2 amide bonds. The number of primary amides is 1. The molecule has 0 unspecified atom stereocenters. The Morgan fingerprint density at radius 2 is 1.96 bits per heavy atom. The number of aryl methyl sites for hydroxylation is 1. The second kappa shape index (κ2) is 8.16. The molecule has 3 heterocycles. The smallest absolute Gasteiger partial charge is 0.320 e. The number of amides is 2. The summed E-state index contributed by atoms with van der Waals surface area (Å²) in [5.41, 5.74) is 8.56. The van der Waals surface area contributed by atoms with E-state index in [2.05, 4.69) is 15.3 Å². The van der Waals surface area contributed by atoms with Crippen molar-refractivity contribution in [1.82, 2.24) is 15.3 Å². The molecule has 3 N–H and O–H groups in total. The molecule has 126 valence electrons. The summed E-state index contributed by atoms with van der Waals surface area (Å²) in [5.74, 6) is 0.622. The number of urea groups is 1. The van der Waals surface area contributed by atoms with Crippen LogP contribution in [0.3, 0.4) is 0 Å².